The molecule has 98 valence electrons. The lowest BCUT2D eigenvalue weighted by Gasteiger charge is -2.28. The number of carbonyl (C=O) groups excluding carboxylic acids is 2. The summed E-state index contributed by atoms with van der Waals surface area (Å²) >= 11 is 0. The Labute approximate surface area is 110 Å². The highest BCUT2D eigenvalue weighted by Crippen LogP contribution is 2.08. The lowest BCUT2D eigenvalue weighted by molar-refractivity contribution is -0.137. The number of rotatable bonds is 3. The van der Waals surface area contributed by atoms with E-state index in [1.54, 1.807) is 24.3 Å². The molecule has 3 N–H and O–H groups in total. The van der Waals surface area contributed by atoms with Crippen molar-refractivity contribution in [2.75, 3.05) is 6.61 Å². The predicted octanol–water partition coefficient (Wildman–Crippen LogP) is -0.924. The summed E-state index contributed by atoms with van der Waals surface area (Å²) in [6.45, 7) is -0.416. The number of nitrogens with zero attached hydrogens (tertiary/aromatic N) is 1. The monoisotopic (exact) mass is 259 g/mol. The van der Waals surface area contributed by atoms with Crippen molar-refractivity contribution in [1.82, 2.24) is 10.6 Å². The number of aliphatic hydroxyl groups excluding tert-OH is 1. The molecule has 19 heavy (non-hydrogen) atoms. The van der Waals surface area contributed by atoms with Gasteiger partial charge in [0.15, 0.2) is 0 Å². The Hall–Kier alpha value is -2.39. The van der Waals surface area contributed by atoms with Gasteiger partial charge in [0, 0.05) is 6.42 Å². The first-order valence-corrected chi connectivity index (χ1v) is 5.84. The molecule has 1 saturated heterocycles. The van der Waals surface area contributed by atoms with Crippen LogP contribution in [0.15, 0.2) is 24.3 Å². The van der Waals surface area contributed by atoms with Gasteiger partial charge in [0.25, 0.3) is 0 Å². The van der Waals surface area contributed by atoms with Crippen LogP contribution in [0.1, 0.15) is 11.1 Å². The standard InChI is InChI=1S/C13H13N3O3/c14-6-9-3-1-8(2-4-9)5-10-12(18)16-11(7-17)13(19)15-10/h1-4,10-11,17H,5,7H2,(H,15,19)(H,16,18). The summed E-state index contributed by atoms with van der Waals surface area (Å²) in [4.78, 5) is 23.3. The summed E-state index contributed by atoms with van der Waals surface area (Å²) in [5.74, 6) is -0.705. The van der Waals surface area contributed by atoms with E-state index in [0.717, 1.165) is 5.56 Å². The summed E-state index contributed by atoms with van der Waals surface area (Å²) < 4.78 is 0. The van der Waals surface area contributed by atoms with Crippen molar-refractivity contribution in [2.45, 2.75) is 18.5 Å². The molecule has 0 saturated carbocycles. The number of benzene rings is 1. The van der Waals surface area contributed by atoms with Crippen LogP contribution in [0.4, 0.5) is 0 Å². The minimum absolute atomic E-state index is 0.317. The lowest BCUT2D eigenvalue weighted by atomic mass is 10.0. The third-order valence-electron chi connectivity index (χ3n) is 2.97. The van der Waals surface area contributed by atoms with Gasteiger partial charge in [-0.15, -0.1) is 0 Å². The van der Waals surface area contributed by atoms with Gasteiger partial charge < -0.3 is 15.7 Å². The van der Waals surface area contributed by atoms with Gasteiger partial charge in [-0.1, -0.05) is 12.1 Å². The number of amides is 2. The van der Waals surface area contributed by atoms with E-state index in [4.69, 9.17) is 10.4 Å². The Balaban J connectivity index is 2.04. The van der Waals surface area contributed by atoms with E-state index in [1.807, 2.05) is 6.07 Å². The number of piperazine rings is 1. The normalized spacial score (nSPS) is 22.3. The molecular weight excluding hydrogens is 246 g/mol. The molecule has 0 radical (unpaired) electrons. The second-order valence-corrected chi connectivity index (χ2v) is 4.32. The van der Waals surface area contributed by atoms with Crippen molar-refractivity contribution in [2.24, 2.45) is 0 Å². The van der Waals surface area contributed by atoms with Crippen LogP contribution >= 0.6 is 0 Å². The van der Waals surface area contributed by atoms with Crippen LogP contribution < -0.4 is 10.6 Å². The van der Waals surface area contributed by atoms with E-state index in [0.29, 0.717) is 12.0 Å². The van der Waals surface area contributed by atoms with Crippen molar-refractivity contribution < 1.29 is 14.7 Å². The Kier molecular flexibility index (Phi) is 3.78. The molecule has 6 heteroatoms. The molecule has 2 rings (SSSR count). The third kappa shape index (κ3) is 2.89. The predicted molar refractivity (Wildman–Crippen MR) is 65.8 cm³/mol. The fourth-order valence-corrected chi connectivity index (χ4v) is 1.90. The minimum Gasteiger partial charge on any atom is -0.394 e. The number of aliphatic hydroxyl groups is 1. The van der Waals surface area contributed by atoms with Crippen molar-refractivity contribution in [1.29, 1.82) is 5.26 Å². The number of carbonyl (C=O) groups is 2. The van der Waals surface area contributed by atoms with Crippen LogP contribution in [0.5, 0.6) is 0 Å². The maximum absolute atomic E-state index is 11.7. The molecule has 1 aliphatic rings. The van der Waals surface area contributed by atoms with Crippen LogP contribution in [-0.2, 0) is 16.0 Å². The van der Waals surface area contributed by atoms with Crippen molar-refractivity contribution >= 4 is 11.8 Å². The summed E-state index contributed by atoms with van der Waals surface area (Å²) in [6.07, 6.45) is 0.349. The summed E-state index contributed by atoms with van der Waals surface area (Å²) in [6, 6.07) is 7.30. The summed E-state index contributed by atoms with van der Waals surface area (Å²) in [7, 11) is 0. The molecule has 6 nitrogen and oxygen atoms in total. The third-order valence-corrected chi connectivity index (χ3v) is 2.97. The van der Waals surface area contributed by atoms with Crippen LogP contribution in [0.25, 0.3) is 0 Å². The molecule has 0 spiro atoms. The highest BCUT2D eigenvalue weighted by molar-refractivity contribution is 5.97. The van der Waals surface area contributed by atoms with Crippen LogP contribution in [-0.4, -0.2) is 35.6 Å². The van der Waals surface area contributed by atoms with Crippen molar-refractivity contribution in [3.63, 3.8) is 0 Å². The van der Waals surface area contributed by atoms with Gasteiger partial charge >= 0.3 is 0 Å². The number of hydrogen-bond acceptors (Lipinski definition) is 4. The molecule has 1 aromatic carbocycles. The fourth-order valence-electron chi connectivity index (χ4n) is 1.90. The SMILES string of the molecule is N#Cc1ccc(CC2NC(=O)C(CO)NC2=O)cc1. The highest BCUT2D eigenvalue weighted by Gasteiger charge is 2.32. The fraction of sp³-hybridized carbons (Fsp3) is 0.308. The largest absolute Gasteiger partial charge is 0.394 e. The van der Waals surface area contributed by atoms with Crippen LogP contribution in [0, 0.1) is 11.3 Å². The maximum atomic E-state index is 11.7. The second kappa shape index (κ2) is 5.50. The van der Waals surface area contributed by atoms with E-state index in [-0.39, 0.29) is 11.8 Å². The average molecular weight is 259 g/mol. The Bertz CT molecular complexity index is 533. The molecule has 2 amide bonds. The van der Waals surface area contributed by atoms with Crippen LogP contribution in [0.3, 0.4) is 0 Å². The van der Waals surface area contributed by atoms with Crippen molar-refractivity contribution in [3.8, 4) is 6.07 Å². The quantitative estimate of drug-likeness (QED) is 0.653. The molecule has 2 unspecified atom stereocenters. The molecule has 0 aromatic heterocycles. The highest BCUT2D eigenvalue weighted by atomic mass is 16.3. The first kappa shape index (κ1) is 13.1. The van der Waals surface area contributed by atoms with Gasteiger partial charge in [0.1, 0.15) is 12.1 Å². The van der Waals surface area contributed by atoms with Crippen molar-refractivity contribution in [3.05, 3.63) is 35.4 Å². The topological polar surface area (TPSA) is 102 Å². The number of nitriles is 1. The molecule has 0 aliphatic carbocycles. The summed E-state index contributed by atoms with van der Waals surface area (Å²) in [5, 5.41) is 22.6. The zero-order valence-electron chi connectivity index (χ0n) is 10.1. The zero-order chi connectivity index (χ0) is 13.8. The van der Waals surface area contributed by atoms with E-state index in [1.165, 1.54) is 0 Å². The molecule has 1 fully saturated rings. The number of hydrogen-bond donors (Lipinski definition) is 3. The van der Waals surface area contributed by atoms with Gasteiger partial charge in [-0.25, -0.2) is 0 Å². The minimum atomic E-state index is -0.871. The maximum Gasteiger partial charge on any atom is 0.245 e. The first-order chi connectivity index (χ1) is 9.13. The Morgan fingerprint density at radius 2 is 1.68 bits per heavy atom. The van der Waals surface area contributed by atoms with E-state index >= 15 is 0 Å². The zero-order valence-corrected chi connectivity index (χ0v) is 10.1. The van der Waals surface area contributed by atoms with Gasteiger partial charge in [-0.2, -0.15) is 5.26 Å². The van der Waals surface area contributed by atoms with Gasteiger partial charge in [-0.3, -0.25) is 9.59 Å². The Morgan fingerprint density at radius 3 is 2.26 bits per heavy atom. The van der Waals surface area contributed by atoms with Gasteiger partial charge in [-0.05, 0) is 17.7 Å². The van der Waals surface area contributed by atoms with E-state index < -0.39 is 18.7 Å². The molecule has 1 aliphatic heterocycles. The smallest absolute Gasteiger partial charge is 0.245 e. The average Bonchev–Trinajstić information content (AvgIpc) is 2.43. The molecule has 2 atom stereocenters. The Morgan fingerprint density at radius 1 is 1.11 bits per heavy atom. The van der Waals surface area contributed by atoms with Gasteiger partial charge in [0.05, 0.1) is 18.2 Å². The molecule has 0 bridgehead atoms. The van der Waals surface area contributed by atoms with E-state index in [2.05, 4.69) is 10.6 Å². The molecule has 1 heterocycles. The van der Waals surface area contributed by atoms with Crippen LogP contribution in [0.2, 0.25) is 0 Å². The molecule has 1 aromatic rings. The number of nitrogens with one attached hydrogen (secondary N) is 2. The van der Waals surface area contributed by atoms with Gasteiger partial charge in [0.2, 0.25) is 11.8 Å². The molecular formula is C13H13N3O3. The van der Waals surface area contributed by atoms with E-state index in [9.17, 15) is 9.59 Å². The first-order valence-electron chi connectivity index (χ1n) is 5.84. The summed E-state index contributed by atoms with van der Waals surface area (Å²) in [5.41, 5.74) is 1.39. The lowest BCUT2D eigenvalue weighted by Crippen LogP contribution is -2.63. The second-order valence-electron chi connectivity index (χ2n) is 4.32.